The van der Waals surface area contributed by atoms with E-state index in [0.29, 0.717) is 29.3 Å². The molecule has 4 aliphatic carbocycles. The molecule has 7 rings (SSSR count). The number of fused-ring (bicyclic) bond motifs is 6. The van der Waals surface area contributed by atoms with Crippen molar-refractivity contribution >= 4 is 22.7 Å². The minimum Gasteiger partial charge on any atom is -0.508 e. The molecule has 226 valence electrons. The monoisotopic (exact) mass is 584 g/mol. The van der Waals surface area contributed by atoms with Crippen molar-refractivity contribution in [2.75, 3.05) is 0 Å². The lowest BCUT2D eigenvalue weighted by Crippen LogP contribution is -2.50. The van der Waals surface area contributed by atoms with Crippen molar-refractivity contribution in [3.63, 3.8) is 0 Å². The maximum absolute atomic E-state index is 12.4. The Morgan fingerprint density at radius 2 is 1.67 bits per heavy atom. The lowest BCUT2D eigenvalue weighted by molar-refractivity contribution is -0.148. The van der Waals surface area contributed by atoms with E-state index < -0.39 is 0 Å². The number of phenols is 2. The molecule has 0 radical (unpaired) electrons. The van der Waals surface area contributed by atoms with Gasteiger partial charge in [0, 0.05) is 48.9 Å². The van der Waals surface area contributed by atoms with Crippen LogP contribution in [0.15, 0.2) is 69.4 Å². The Kier molecular flexibility index (Phi) is 7.47. The van der Waals surface area contributed by atoms with Crippen LogP contribution in [0.25, 0.3) is 22.3 Å². The van der Waals surface area contributed by atoms with Gasteiger partial charge in [-0.2, -0.15) is 0 Å². The number of allylic oxidation sites excluding steroid dienone is 1. The molecule has 2 N–H and O–H groups in total. The summed E-state index contributed by atoms with van der Waals surface area (Å²) in [5, 5.41) is 19.2. The number of benzene rings is 2. The Hall–Kier alpha value is -3.87. The van der Waals surface area contributed by atoms with Crippen LogP contribution in [0.1, 0.15) is 72.1 Å². The zero-order valence-corrected chi connectivity index (χ0v) is 25.1. The van der Waals surface area contributed by atoms with Gasteiger partial charge < -0.3 is 19.4 Å². The fourth-order valence-electron chi connectivity index (χ4n) is 8.73. The van der Waals surface area contributed by atoms with Gasteiger partial charge in [-0.3, -0.25) is 14.4 Å². The highest BCUT2D eigenvalue weighted by Crippen LogP contribution is 2.64. The van der Waals surface area contributed by atoms with Gasteiger partial charge in [0.2, 0.25) is 0 Å². The van der Waals surface area contributed by atoms with Crippen LogP contribution in [-0.4, -0.2) is 28.1 Å². The maximum Gasteiger partial charge on any atom is 0.302 e. The quantitative estimate of drug-likeness (QED) is 0.240. The van der Waals surface area contributed by atoms with E-state index >= 15 is 0 Å². The molecule has 3 aromatic rings. The van der Waals surface area contributed by atoms with Gasteiger partial charge in [0.15, 0.2) is 5.43 Å². The summed E-state index contributed by atoms with van der Waals surface area (Å²) in [6, 6.07) is 12.9. The molecule has 0 saturated heterocycles. The van der Waals surface area contributed by atoms with Crippen molar-refractivity contribution in [3.8, 4) is 22.8 Å². The van der Waals surface area contributed by atoms with Crippen LogP contribution in [0, 0.1) is 28.6 Å². The van der Waals surface area contributed by atoms with E-state index in [-0.39, 0.29) is 50.8 Å². The number of ether oxygens (including phenoxy) is 1. The van der Waals surface area contributed by atoms with Crippen LogP contribution >= 0.6 is 0 Å². The van der Waals surface area contributed by atoms with Crippen molar-refractivity contribution in [1.82, 2.24) is 0 Å². The predicted octanol–water partition coefficient (Wildman–Crippen LogP) is 7.32. The summed E-state index contributed by atoms with van der Waals surface area (Å²) in [5.74, 6) is 2.28. The maximum atomic E-state index is 12.4. The molecule has 7 heteroatoms. The highest BCUT2D eigenvalue weighted by atomic mass is 16.5. The van der Waals surface area contributed by atoms with E-state index in [1.807, 2.05) is 30.3 Å². The summed E-state index contributed by atoms with van der Waals surface area (Å²) in [6.07, 6.45) is 10.8. The molecule has 3 saturated carbocycles. The van der Waals surface area contributed by atoms with Gasteiger partial charge >= 0.3 is 5.97 Å². The predicted molar refractivity (Wildman–Crippen MR) is 164 cm³/mol. The second kappa shape index (κ2) is 11.0. The first-order chi connectivity index (χ1) is 20.5. The van der Waals surface area contributed by atoms with Crippen LogP contribution in [0.4, 0.5) is 0 Å². The Balaban J connectivity index is 0.000000157. The molecule has 6 unspecified atom stereocenters. The number of rotatable bonds is 2. The molecular formula is C36H40O7. The molecule has 6 atom stereocenters. The number of Topliss-reactive ketones (excluding diaryl/α,β-unsaturated/α-hetero) is 1. The van der Waals surface area contributed by atoms with Gasteiger partial charge in [-0.15, -0.1) is 0 Å². The van der Waals surface area contributed by atoms with Crippen LogP contribution in [0.2, 0.25) is 0 Å². The fourth-order valence-corrected chi connectivity index (χ4v) is 8.73. The minimum absolute atomic E-state index is 0.0438. The normalized spacial score (nSPS) is 31.1. The van der Waals surface area contributed by atoms with E-state index in [9.17, 15) is 24.6 Å². The first kappa shape index (κ1) is 29.2. The number of phenolic OH excluding ortho intramolecular Hbond substituents is 2. The molecule has 2 aromatic carbocycles. The first-order valence-electron chi connectivity index (χ1n) is 15.4. The van der Waals surface area contributed by atoms with Crippen molar-refractivity contribution in [1.29, 1.82) is 0 Å². The van der Waals surface area contributed by atoms with Gasteiger partial charge in [-0.25, -0.2) is 0 Å². The molecule has 0 spiro atoms. The largest absolute Gasteiger partial charge is 0.508 e. The molecule has 43 heavy (non-hydrogen) atoms. The average molecular weight is 585 g/mol. The fraction of sp³-hybridized carbons (Fsp3) is 0.472. The lowest BCUT2D eigenvalue weighted by Gasteiger charge is -2.56. The van der Waals surface area contributed by atoms with Crippen molar-refractivity contribution in [2.24, 2.45) is 28.6 Å². The topological polar surface area (TPSA) is 114 Å². The third kappa shape index (κ3) is 5.17. The number of carbonyl (C=O) groups excluding carboxylic acids is 2. The van der Waals surface area contributed by atoms with E-state index in [0.717, 1.165) is 56.6 Å². The van der Waals surface area contributed by atoms with Crippen LogP contribution < -0.4 is 5.43 Å². The number of aromatic hydroxyl groups is 2. The molecule has 7 nitrogen and oxygen atoms in total. The van der Waals surface area contributed by atoms with E-state index in [1.165, 1.54) is 31.1 Å². The summed E-state index contributed by atoms with van der Waals surface area (Å²) in [4.78, 5) is 35.7. The molecule has 1 heterocycles. The smallest absolute Gasteiger partial charge is 0.302 e. The molecule has 4 aliphatic rings. The number of hydrogen-bond donors (Lipinski definition) is 2. The Bertz CT molecular complexity index is 1650. The number of hydrogen-bond acceptors (Lipinski definition) is 7. The summed E-state index contributed by atoms with van der Waals surface area (Å²) in [5.41, 5.74) is 2.30. The van der Waals surface area contributed by atoms with E-state index in [4.69, 9.17) is 9.15 Å². The van der Waals surface area contributed by atoms with E-state index in [2.05, 4.69) is 19.9 Å². The third-order valence-corrected chi connectivity index (χ3v) is 11.0. The first-order valence-corrected chi connectivity index (χ1v) is 15.4. The standard InChI is InChI=1S/C21H30O3.C15H10O4/c1-13(22)24-15-8-10-20(2)14(12-15)4-5-16-17-6-7-19(23)21(17,3)11-9-18(16)20;16-10-6-11(17)15-12(18)8-13(19-14(15)7-10)9-4-2-1-3-5-9/h4,15-18H,5-12H2,1-3H3;1-8,16-17H. The summed E-state index contributed by atoms with van der Waals surface area (Å²) >= 11 is 0. The van der Waals surface area contributed by atoms with Gasteiger partial charge in [0.25, 0.3) is 0 Å². The minimum atomic E-state index is -0.349. The number of carbonyl (C=O) groups is 2. The highest BCUT2D eigenvalue weighted by molar-refractivity contribution is 5.87. The Labute approximate surface area is 251 Å². The molecule has 1 aromatic heterocycles. The van der Waals surface area contributed by atoms with Gasteiger partial charge in [-0.05, 0) is 61.7 Å². The van der Waals surface area contributed by atoms with Crippen LogP contribution in [0.5, 0.6) is 11.5 Å². The molecule has 0 aliphatic heterocycles. The van der Waals surface area contributed by atoms with Crippen LogP contribution in [0.3, 0.4) is 0 Å². The van der Waals surface area contributed by atoms with Crippen molar-refractivity contribution in [3.05, 3.63) is 70.4 Å². The zero-order valence-electron chi connectivity index (χ0n) is 25.1. The lowest BCUT2D eigenvalue weighted by atomic mass is 9.48. The third-order valence-electron chi connectivity index (χ3n) is 11.0. The second-order valence-electron chi connectivity index (χ2n) is 13.3. The molecule has 3 fully saturated rings. The Morgan fingerprint density at radius 3 is 2.42 bits per heavy atom. The SMILES string of the molecule is CC(=O)OC1CCC2(C)C(=CCC3C4CCC(=O)C4(C)CCC32)C1.O=c1cc(-c2ccccc2)oc2cc(O)cc(O)c12. The highest BCUT2D eigenvalue weighted by Gasteiger charge is 2.58. The van der Waals surface area contributed by atoms with Crippen molar-refractivity contribution < 1.29 is 29.0 Å². The number of ketones is 1. The Morgan fingerprint density at radius 1 is 0.953 bits per heavy atom. The summed E-state index contributed by atoms with van der Waals surface area (Å²) in [7, 11) is 0. The summed E-state index contributed by atoms with van der Waals surface area (Å²) < 4.78 is 11.1. The average Bonchev–Trinajstić information content (AvgIpc) is 3.27. The van der Waals surface area contributed by atoms with E-state index in [1.54, 1.807) is 0 Å². The van der Waals surface area contributed by atoms with Crippen molar-refractivity contribution in [2.45, 2.75) is 78.2 Å². The molecule has 0 amide bonds. The van der Waals surface area contributed by atoms with Gasteiger partial charge in [-0.1, -0.05) is 55.8 Å². The zero-order chi connectivity index (χ0) is 30.5. The molecular weight excluding hydrogens is 544 g/mol. The molecule has 0 bridgehead atoms. The number of esters is 1. The van der Waals surface area contributed by atoms with Gasteiger partial charge in [0.05, 0.1) is 0 Å². The second-order valence-corrected chi connectivity index (χ2v) is 13.3. The summed E-state index contributed by atoms with van der Waals surface area (Å²) in [6.45, 7) is 6.19. The van der Waals surface area contributed by atoms with Gasteiger partial charge in [0.1, 0.15) is 40.1 Å². The van der Waals surface area contributed by atoms with Crippen LogP contribution in [-0.2, 0) is 14.3 Å².